The van der Waals surface area contributed by atoms with E-state index in [4.69, 9.17) is 30.5 Å². The molecular formula is C55H68ClN4O4+. The van der Waals surface area contributed by atoms with E-state index in [0.717, 1.165) is 112 Å². The van der Waals surface area contributed by atoms with Crippen LogP contribution in [0.1, 0.15) is 105 Å². The van der Waals surface area contributed by atoms with Gasteiger partial charge in [0.05, 0.1) is 49.3 Å². The van der Waals surface area contributed by atoms with E-state index in [1.165, 1.54) is 22.5 Å². The van der Waals surface area contributed by atoms with Crippen molar-refractivity contribution in [3.63, 3.8) is 0 Å². The van der Waals surface area contributed by atoms with Gasteiger partial charge >= 0.3 is 0 Å². The molecule has 0 bridgehead atoms. The smallest absolute Gasteiger partial charge is 0.213 e. The average Bonchev–Trinajstić information content (AvgIpc) is 3.78. The van der Waals surface area contributed by atoms with Crippen LogP contribution in [0.2, 0.25) is 0 Å². The first-order valence-electron chi connectivity index (χ1n) is 23.3. The number of halogens is 1. The molecule has 0 aromatic heterocycles. The molecule has 0 fully saturated rings. The van der Waals surface area contributed by atoms with E-state index < -0.39 is 0 Å². The fourth-order valence-corrected chi connectivity index (χ4v) is 9.39. The number of nitrogens with zero attached hydrogens (tertiary/aromatic N) is 2. The third-order valence-corrected chi connectivity index (χ3v) is 13.3. The molecule has 4 aromatic carbocycles. The quantitative estimate of drug-likeness (QED) is 0.0718. The van der Waals surface area contributed by atoms with Crippen LogP contribution in [0.25, 0.3) is 0 Å². The van der Waals surface area contributed by atoms with E-state index in [-0.39, 0.29) is 10.8 Å². The zero-order valence-electron chi connectivity index (χ0n) is 39.7. The molecule has 3 aliphatic rings. The summed E-state index contributed by atoms with van der Waals surface area (Å²) in [4.78, 5) is 2.30. The molecule has 0 saturated carbocycles. The lowest BCUT2D eigenvalue weighted by Crippen LogP contribution is -2.26. The van der Waals surface area contributed by atoms with Gasteiger partial charge in [-0.2, -0.15) is 4.58 Å². The second-order valence-electron chi connectivity index (χ2n) is 18.0. The normalized spacial score (nSPS) is 17.5. The van der Waals surface area contributed by atoms with E-state index >= 15 is 0 Å². The van der Waals surface area contributed by atoms with Gasteiger partial charge in [-0.25, -0.2) is 0 Å². The summed E-state index contributed by atoms with van der Waals surface area (Å²) in [6.07, 6.45) is 14.9. The van der Waals surface area contributed by atoms with Crippen LogP contribution in [0.5, 0.6) is 23.0 Å². The molecule has 0 atom stereocenters. The zero-order valence-corrected chi connectivity index (χ0v) is 40.5. The molecule has 0 unspecified atom stereocenters. The van der Waals surface area contributed by atoms with Crippen molar-refractivity contribution in [2.45, 2.75) is 105 Å². The van der Waals surface area contributed by atoms with Gasteiger partial charge in [0.25, 0.3) is 0 Å². The molecular weight excluding hydrogens is 816 g/mol. The van der Waals surface area contributed by atoms with Crippen molar-refractivity contribution in [1.29, 1.82) is 0 Å². The number of hydrogen-bond acceptors (Lipinski definition) is 7. The van der Waals surface area contributed by atoms with Crippen LogP contribution < -0.4 is 34.5 Å². The molecule has 9 heteroatoms. The molecule has 2 heterocycles. The second-order valence-corrected chi connectivity index (χ2v) is 18.3. The number of anilines is 5. The fraction of sp³-hybridized carbons (Fsp3) is 0.400. The molecule has 1 aliphatic carbocycles. The minimum absolute atomic E-state index is 0.259. The molecule has 2 N–H and O–H groups in total. The van der Waals surface area contributed by atoms with Crippen LogP contribution in [0.15, 0.2) is 119 Å². The summed E-state index contributed by atoms with van der Waals surface area (Å²) in [5.74, 6) is 3.41. The Morgan fingerprint density at radius 1 is 0.672 bits per heavy atom. The van der Waals surface area contributed by atoms with Crippen LogP contribution in [0.3, 0.4) is 0 Å². The van der Waals surface area contributed by atoms with Crippen LogP contribution in [-0.2, 0) is 10.8 Å². The summed E-state index contributed by atoms with van der Waals surface area (Å²) in [6, 6.07) is 25.1. The van der Waals surface area contributed by atoms with Gasteiger partial charge in [0.2, 0.25) is 5.69 Å². The van der Waals surface area contributed by atoms with Gasteiger partial charge < -0.3 is 34.5 Å². The molecule has 2 aliphatic heterocycles. The standard InChI is InChI=1S/C55H68ClN4O4/c1-11-15-31-63-49-35-47-43(33-45(49)57-39-21-25-41(26-22-39)61-13-3)54(5,6)51(59(47)9)29-19-37-17-18-38(53(37)56)20-30-52-55(7,8)44-34-46(58-40-23-27-42(28-24-40)62-14-4)50(64-32-16-12-2)36-48(44)60(52)10/h19-30,33-36,57-58H,11-18,31-32H2,1-10H3/q+1. The summed E-state index contributed by atoms with van der Waals surface area (Å²) in [7, 11) is 4.31. The molecule has 0 radical (unpaired) electrons. The predicted octanol–water partition coefficient (Wildman–Crippen LogP) is 14.4. The Morgan fingerprint density at radius 3 is 1.77 bits per heavy atom. The first kappa shape index (κ1) is 46.4. The number of allylic oxidation sites excluding steroid dienone is 8. The van der Waals surface area contributed by atoms with Crippen LogP contribution >= 0.6 is 11.6 Å². The highest BCUT2D eigenvalue weighted by molar-refractivity contribution is 6.33. The molecule has 0 spiro atoms. The maximum atomic E-state index is 7.25. The first-order valence-corrected chi connectivity index (χ1v) is 23.6. The number of rotatable bonds is 19. The number of nitrogens with one attached hydrogen (secondary N) is 2. The summed E-state index contributed by atoms with van der Waals surface area (Å²) in [6.45, 7) is 20.2. The number of likely N-dealkylation sites (N-methyl/N-ethyl adjacent to an activating group) is 1. The Labute approximate surface area is 387 Å². The van der Waals surface area contributed by atoms with Gasteiger partial charge in [-0.15, -0.1) is 0 Å². The number of unbranched alkanes of at least 4 members (excludes halogenated alkanes) is 2. The topological polar surface area (TPSA) is 67.2 Å². The van der Waals surface area contributed by atoms with Crippen molar-refractivity contribution >= 4 is 51.4 Å². The third kappa shape index (κ3) is 9.73. The fourth-order valence-electron chi connectivity index (χ4n) is 9.08. The maximum absolute atomic E-state index is 7.25. The average molecular weight is 885 g/mol. The molecule has 64 heavy (non-hydrogen) atoms. The Kier molecular flexibility index (Phi) is 14.5. The van der Waals surface area contributed by atoms with Gasteiger partial charge in [0.1, 0.15) is 30.0 Å². The summed E-state index contributed by atoms with van der Waals surface area (Å²) in [5, 5.41) is 8.13. The summed E-state index contributed by atoms with van der Waals surface area (Å²) < 4.78 is 26.5. The van der Waals surface area contributed by atoms with Crippen molar-refractivity contribution in [2.24, 2.45) is 0 Å². The molecule has 7 rings (SSSR count). The van der Waals surface area contributed by atoms with E-state index in [9.17, 15) is 0 Å². The van der Waals surface area contributed by atoms with E-state index in [1.54, 1.807) is 0 Å². The van der Waals surface area contributed by atoms with E-state index in [2.05, 4.69) is 149 Å². The van der Waals surface area contributed by atoms with Crippen LogP contribution in [-0.4, -0.2) is 50.8 Å². The van der Waals surface area contributed by atoms with E-state index in [0.29, 0.717) is 26.4 Å². The van der Waals surface area contributed by atoms with Crippen molar-refractivity contribution < 1.29 is 23.5 Å². The number of fused-ring (bicyclic) bond motifs is 2. The van der Waals surface area contributed by atoms with Crippen molar-refractivity contribution in [3.05, 3.63) is 130 Å². The van der Waals surface area contributed by atoms with Crippen LogP contribution in [0.4, 0.5) is 34.1 Å². The van der Waals surface area contributed by atoms with Gasteiger partial charge in [0, 0.05) is 58.0 Å². The van der Waals surface area contributed by atoms with Gasteiger partial charge in [-0.05, 0) is 137 Å². The number of ether oxygens (including phenoxy) is 4. The molecule has 8 nitrogen and oxygen atoms in total. The highest BCUT2D eigenvalue weighted by Crippen LogP contribution is 2.51. The van der Waals surface area contributed by atoms with Gasteiger partial charge in [-0.1, -0.05) is 64.3 Å². The number of benzene rings is 4. The van der Waals surface area contributed by atoms with Crippen molar-refractivity contribution in [3.8, 4) is 23.0 Å². The van der Waals surface area contributed by atoms with Gasteiger partial charge in [-0.3, -0.25) is 0 Å². The summed E-state index contributed by atoms with van der Waals surface area (Å²) >= 11 is 7.25. The zero-order chi connectivity index (χ0) is 45.6. The first-order chi connectivity index (χ1) is 30.8. The SMILES string of the molecule is CCCCOc1cc2c(cc1Nc1ccc(OCC)cc1)C(C)(C)/C(=C/C=C1\CCC(/C=C/C3=[N+](C)c4cc(OCCCC)c(Nc5ccc(OCC)cc5)cc4C3(C)C)=C1Cl)N2C. The second kappa shape index (κ2) is 20.1. The van der Waals surface area contributed by atoms with Crippen molar-refractivity contribution in [1.82, 2.24) is 0 Å². The lowest BCUT2D eigenvalue weighted by molar-refractivity contribution is -0.401. The molecule has 0 saturated heterocycles. The highest BCUT2D eigenvalue weighted by atomic mass is 35.5. The minimum atomic E-state index is -0.259. The maximum Gasteiger partial charge on any atom is 0.213 e. The predicted molar refractivity (Wildman–Crippen MR) is 268 cm³/mol. The Balaban J connectivity index is 1.13. The number of hydrogen-bond donors (Lipinski definition) is 2. The van der Waals surface area contributed by atoms with Gasteiger partial charge in [0.15, 0.2) is 5.71 Å². The lowest BCUT2D eigenvalue weighted by atomic mass is 9.81. The van der Waals surface area contributed by atoms with Crippen LogP contribution in [0, 0.1) is 0 Å². The highest BCUT2D eigenvalue weighted by Gasteiger charge is 2.44. The minimum Gasteiger partial charge on any atom is -0.494 e. The summed E-state index contributed by atoms with van der Waals surface area (Å²) in [5.41, 5.74) is 12.9. The molecule has 4 aromatic rings. The van der Waals surface area contributed by atoms with Crippen molar-refractivity contribution in [2.75, 3.05) is 56.1 Å². The largest absolute Gasteiger partial charge is 0.494 e. The Hall–Kier alpha value is -5.60. The monoisotopic (exact) mass is 883 g/mol. The Morgan fingerprint density at radius 2 is 1.22 bits per heavy atom. The molecule has 0 amide bonds. The Bertz CT molecular complexity index is 2480. The molecule has 338 valence electrons. The van der Waals surface area contributed by atoms with E-state index in [1.807, 2.05) is 38.1 Å². The third-order valence-electron chi connectivity index (χ3n) is 12.8. The lowest BCUT2D eigenvalue weighted by Gasteiger charge is -2.24.